The molecule has 32 heavy (non-hydrogen) atoms. The summed E-state index contributed by atoms with van der Waals surface area (Å²) >= 11 is 0. The Morgan fingerprint density at radius 3 is 2.38 bits per heavy atom. The number of hydrogen-bond acceptors (Lipinski definition) is 6. The van der Waals surface area contributed by atoms with E-state index in [0.29, 0.717) is 44.0 Å². The zero-order valence-corrected chi connectivity index (χ0v) is 19.3. The van der Waals surface area contributed by atoms with Crippen LogP contribution in [0.25, 0.3) is 10.9 Å². The number of rotatable bonds is 4. The maximum Gasteiger partial charge on any atom is 0.210 e. The van der Waals surface area contributed by atoms with Gasteiger partial charge in [0.2, 0.25) is 9.84 Å². The molecular weight excluding hydrogens is 424 g/mol. The van der Waals surface area contributed by atoms with Crippen molar-refractivity contribution in [2.45, 2.75) is 48.7 Å². The minimum atomic E-state index is -3.74. The van der Waals surface area contributed by atoms with Crippen molar-refractivity contribution >= 4 is 26.4 Å². The molecule has 2 aliphatic heterocycles. The molecule has 168 valence electrons. The molecule has 0 radical (unpaired) electrons. The van der Waals surface area contributed by atoms with E-state index >= 15 is 0 Å². The van der Waals surface area contributed by atoms with Crippen molar-refractivity contribution in [2.24, 2.45) is 0 Å². The molecule has 2 saturated heterocycles. The van der Waals surface area contributed by atoms with Crippen LogP contribution in [-0.2, 0) is 25.7 Å². The Morgan fingerprint density at radius 1 is 1.03 bits per heavy atom. The molecule has 3 aromatic rings. The highest BCUT2D eigenvalue weighted by atomic mass is 32.2. The quantitative estimate of drug-likeness (QED) is 0.589. The molecule has 5 rings (SSSR count). The number of ether oxygens (including phenoxy) is 2. The fourth-order valence-corrected chi connectivity index (χ4v) is 6.12. The Labute approximate surface area is 189 Å². The maximum atomic E-state index is 13.8. The monoisotopic (exact) mass is 452 g/mol. The largest absolute Gasteiger partial charge is 0.369 e. The second-order valence-corrected chi connectivity index (χ2v) is 10.5. The SMILES string of the molecule is CCc1ccc(S(=O)(=O)c2cnc3ccc(C)cc3c2N2CCC3(CC2)OCCO3)cc1. The van der Waals surface area contributed by atoms with Crippen molar-refractivity contribution in [1.29, 1.82) is 0 Å². The maximum absolute atomic E-state index is 13.8. The molecule has 2 aliphatic rings. The normalized spacial score (nSPS) is 18.5. The Balaban J connectivity index is 1.62. The molecule has 0 amide bonds. The van der Waals surface area contributed by atoms with Gasteiger partial charge in [-0.05, 0) is 43.2 Å². The van der Waals surface area contributed by atoms with E-state index in [1.807, 2.05) is 37.3 Å². The van der Waals surface area contributed by atoms with Gasteiger partial charge in [-0.1, -0.05) is 30.7 Å². The number of benzene rings is 2. The molecule has 0 saturated carbocycles. The molecule has 2 aromatic carbocycles. The topological polar surface area (TPSA) is 68.7 Å². The standard InChI is InChI=1S/C25H28N2O4S/c1-3-19-5-7-20(8-6-19)32(28,29)23-17-26-22-9-4-18(2)16-21(22)24(23)27-12-10-25(11-13-27)30-14-15-31-25/h4-9,16-17H,3,10-15H2,1-2H3. The second-order valence-electron chi connectivity index (χ2n) is 8.59. The van der Waals surface area contributed by atoms with E-state index in [-0.39, 0.29) is 4.90 Å². The molecule has 1 aromatic heterocycles. The highest BCUT2D eigenvalue weighted by Crippen LogP contribution is 2.40. The molecule has 3 heterocycles. The van der Waals surface area contributed by atoms with Gasteiger partial charge in [-0.2, -0.15) is 0 Å². The van der Waals surface area contributed by atoms with Crippen molar-refractivity contribution < 1.29 is 17.9 Å². The zero-order chi connectivity index (χ0) is 22.3. The number of piperidine rings is 1. The summed E-state index contributed by atoms with van der Waals surface area (Å²) in [6.07, 6.45) is 3.78. The van der Waals surface area contributed by atoms with Gasteiger partial charge in [0.05, 0.1) is 29.3 Å². The van der Waals surface area contributed by atoms with Crippen LogP contribution in [0.15, 0.2) is 58.5 Å². The first-order valence-electron chi connectivity index (χ1n) is 11.2. The van der Waals surface area contributed by atoms with Crippen LogP contribution in [0.3, 0.4) is 0 Å². The number of pyridine rings is 1. The number of aromatic nitrogens is 1. The fourth-order valence-electron chi connectivity index (χ4n) is 4.68. The van der Waals surface area contributed by atoms with Gasteiger partial charge in [0.1, 0.15) is 4.90 Å². The summed E-state index contributed by atoms with van der Waals surface area (Å²) in [6, 6.07) is 13.1. The molecule has 0 aliphatic carbocycles. The average molecular weight is 453 g/mol. The summed E-state index contributed by atoms with van der Waals surface area (Å²) < 4.78 is 39.3. The molecule has 0 atom stereocenters. The van der Waals surface area contributed by atoms with Gasteiger partial charge in [-0.25, -0.2) is 8.42 Å². The Bertz CT molecular complexity index is 1240. The van der Waals surface area contributed by atoms with Crippen LogP contribution in [0.2, 0.25) is 0 Å². The van der Waals surface area contributed by atoms with Crippen LogP contribution < -0.4 is 4.90 Å². The fraction of sp³-hybridized carbons (Fsp3) is 0.400. The van der Waals surface area contributed by atoms with Crippen LogP contribution in [0, 0.1) is 6.92 Å². The van der Waals surface area contributed by atoms with E-state index in [4.69, 9.17) is 9.47 Å². The third kappa shape index (κ3) is 3.68. The summed E-state index contributed by atoms with van der Waals surface area (Å²) in [5.74, 6) is -0.524. The number of anilines is 1. The van der Waals surface area contributed by atoms with Crippen molar-refractivity contribution in [1.82, 2.24) is 4.98 Å². The van der Waals surface area contributed by atoms with Crippen molar-refractivity contribution in [3.05, 3.63) is 59.8 Å². The second kappa shape index (κ2) is 8.14. The molecule has 0 unspecified atom stereocenters. The first kappa shape index (κ1) is 21.4. The van der Waals surface area contributed by atoms with Gasteiger partial charge in [-0.15, -0.1) is 0 Å². The van der Waals surface area contributed by atoms with E-state index in [9.17, 15) is 8.42 Å². The lowest BCUT2D eigenvalue weighted by Crippen LogP contribution is -2.45. The molecule has 6 nitrogen and oxygen atoms in total. The number of aryl methyl sites for hydroxylation is 2. The first-order valence-corrected chi connectivity index (χ1v) is 12.7. The predicted molar refractivity (Wildman–Crippen MR) is 124 cm³/mol. The van der Waals surface area contributed by atoms with E-state index in [0.717, 1.165) is 34.1 Å². The van der Waals surface area contributed by atoms with Crippen LogP contribution >= 0.6 is 0 Å². The third-order valence-electron chi connectivity index (χ3n) is 6.55. The molecule has 0 N–H and O–H groups in total. The summed E-state index contributed by atoms with van der Waals surface area (Å²) in [5.41, 5.74) is 3.69. The molecule has 0 bridgehead atoms. The molecule has 2 fully saturated rings. The van der Waals surface area contributed by atoms with Crippen molar-refractivity contribution in [2.75, 3.05) is 31.2 Å². The lowest BCUT2D eigenvalue weighted by atomic mass is 10.0. The summed E-state index contributed by atoms with van der Waals surface area (Å²) in [6.45, 7) is 6.61. The number of hydrogen-bond donors (Lipinski definition) is 0. The molecular formula is C25H28N2O4S. The summed E-state index contributed by atoms with van der Waals surface area (Å²) in [5, 5.41) is 0.862. The highest BCUT2D eigenvalue weighted by molar-refractivity contribution is 7.91. The highest BCUT2D eigenvalue weighted by Gasteiger charge is 2.41. The van der Waals surface area contributed by atoms with E-state index in [1.165, 1.54) is 6.20 Å². The van der Waals surface area contributed by atoms with Crippen LogP contribution in [0.4, 0.5) is 5.69 Å². The smallest absolute Gasteiger partial charge is 0.210 e. The van der Waals surface area contributed by atoms with Gasteiger partial charge in [-0.3, -0.25) is 4.98 Å². The summed E-state index contributed by atoms with van der Waals surface area (Å²) in [7, 11) is -3.74. The van der Waals surface area contributed by atoms with Crippen LogP contribution in [0.5, 0.6) is 0 Å². The Hall–Kier alpha value is -2.48. The van der Waals surface area contributed by atoms with Gasteiger partial charge in [0.15, 0.2) is 5.79 Å². The van der Waals surface area contributed by atoms with E-state index < -0.39 is 15.6 Å². The lowest BCUT2D eigenvalue weighted by molar-refractivity contribution is -0.169. The van der Waals surface area contributed by atoms with E-state index in [1.54, 1.807) is 12.1 Å². The Kier molecular flexibility index (Phi) is 5.43. The van der Waals surface area contributed by atoms with Gasteiger partial charge in [0, 0.05) is 37.5 Å². The van der Waals surface area contributed by atoms with Gasteiger partial charge >= 0.3 is 0 Å². The first-order chi connectivity index (χ1) is 15.4. The van der Waals surface area contributed by atoms with Crippen LogP contribution in [-0.4, -0.2) is 45.5 Å². The predicted octanol–water partition coefficient (Wildman–Crippen LogP) is 4.28. The van der Waals surface area contributed by atoms with Crippen molar-refractivity contribution in [3.8, 4) is 0 Å². The van der Waals surface area contributed by atoms with Crippen LogP contribution in [0.1, 0.15) is 30.9 Å². The summed E-state index contributed by atoms with van der Waals surface area (Å²) in [4.78, 5) is 7.22. The minimum absolute atomic E-state index is 0.254. The minimum Gasteiger partial charge on any atom is -0.369 e. The lowest BCUT2D eigenvalue weighted by Gasteiger charge is -2.39. The molecule has 7 heteroatoms. The Morgan fingerprint density at radius 2 is 1.72 bits per heavy atom. The van der Waals surface area contributed by atoms with Gasteiger partial charge in [0.25, 0.3) is 0 Å². The average Bonchev–Trinajstić information content (AvgIpc) is 3.27. The van der Waals surface area contributed by atoms with Gasteiger partial charge < -0.3 is 14.4 Å². The number of nitrogens with zero attached hydrogens (tertiary/aromatic N) is 2. The zero-order valence-electron chi connectivity index (χ0n) is 18.5. The number of fused-ring (bicyclic) bond motifs is 1. The van der Waals surface area contributed by atoms with Crippen molar-refractivity contribution in [3.63, 3.8) is 0 Å². The molecule has 1 spiro atoms. The van der Waals surface area contributed by atoms with E-state index in [2.05, 4.69) is 16.8 Å². The third-order valence-corrected chi connectivity index (χ3v) is 8.32. The number of sulfone groups is 1.